The van der Waals surface area contributed by atoms with Crippen LogP contribution in [0.15, 0.2) is 30.6 Å². The first-order valence-corrected chi connectivity index (χ1v) is 5.56. The Bertz CT molecular complexity index is 458. The highest BCUT2D eigenvalue weighted by atomic mass is 16.3. The second-order valence-corrected chi connectivity index (χ2v) is 4.43. The molecule has 0 bridgehead atoms. The molecule has 0 aliphatic heterocycles. The molecule has 0 saturated heterocycles. The van der Waals surface area contributed by atoms with Crippen molar-refractivity contribution in [3.05, 3.63) is 36.3 Å². The molecule has 92 valence electrons. The van der Waals surface area contributed by atoms with Crippen molar-refractivity contribution < 1.29 is 10.2 Å². The number of hydrogen-bond donors (Lipinski definition) is 3. The third-order valence-corrected chi connectivity index (χ3v) is 2.81. The van der Waals surface area contributed by atoms with Crippen LogP contribution in [0.2, 0.25) is 0 Å². The van der Waals surface area contributed by atoms with E-state index in [-0.39, 0.29) is 13.2 Å². The highest BCUT2D eigenvalue weighted by Crippen LogP contribution is 2.07. The minimum atomic E-state index is -0.671. The van der Waals surface area contributed by atoms with Gasteiger partial charge in [-0.1, -0.05) is 6.07 Å². The Morgan fingerprint density at radius 1 is 1.35 bits per heavy atom. The number of rotatable bonds is 5. The summed E-state index contributed by atoms with van der Waals surface area (Å²) in [6.45, 7) is 2.05. The van der Waals surface area contributed by atoms with E-state index in [0.717, 1.165) is 11.3 Å². The van der Waals surface area contributed by atoms with Gasteiger partial charge in [-0.2, -0.15) is 0 Å². The highest BCUT2D eigenvalue weighted by Gasteiger charge is 2.21. The molecular weight excluding hydrogens is 218 g/mol. The third-order valence-electron chi connectivity index (χ3n) is 2.81. The molecule has 0 aromatic carbocycles. The Kier molecular flexibility index (Phi) is 3.42. The summed E-state index contributed by atoms with van der Waals surface area (Å²) in [4.78, 5) is 4.42. The van der Waals surface area contributed by atoms with Gasteiger partial charge >= 0.3 is 0 Å². The first-order valence-electron chi connectivity index (χ1n) is 5.56. The molecule has 2 rings (SSSR count). The normalized spacial score (nSPS) is 12.2. The van der Waals surface area contributed by atoms with E-state index in [1.54, 1.807) is 6.92 Å². The van der Waals surface area contributed by atoms with Crippen LogP contribution in [-0.2, 0) is 6.54 Å². The van der Waals surface area contributed by atoms with Crippen molar-refractivity contribution in [2.45, 2.75) is 19.0 Å². The van der Waals surface area contributed by atoms with E-state index in [9.17, 15) is 0 Å². The summed E-state index contributed by atoms with van der Waals surface area (Å²) in [5, 5.41) is 21.4. The number of imidazole rings is 1. The standard InChI is InChI=1S/C12H17N3O2/c1-12(8-16,9-17)13-6-10-7-15-5-3-2-4-11(15)14-10/h2-5,7,13,16-17H,6,8-9H2,1H3. The van der Waals surface area contributed by atoms with Gasteiger partial charge in [-0.15, -0.1) is 0 Å². The number of pyridine rings is 1. The highest BCUT2D eigenvalue weighted by molar-refractivity contribution is 5.39. The number of nitrogens with zero attached hydrogens (tertiary/aromatic N) is 2. The van der Waals surface area contributed by atoms with Crippen molar-refractivity contribution in [1.29, 1.82) is 0 Å². The van der Waals surface area contributed by atoms with E-state index >= 15 is 0 Å². The first-order chi connectivity index (χ1) is 8.17. The Hall–Kier alpha value is -1.43. The molecule has 0 amide bonds. The number of fused-ring (bicyclic) bond motifs is 1. The Morgan fingerprint density at radius 2 is 2.12 bits per heavy atom. The second kappa shape index (κ2) is 4.83. The number of aliphatic hydroxyl groups is 2. The van der Waals surface area contributed by atoms with Crippen LogP contribution in [-0.4, -0.2) is 38.4 Å². The van der Waals surface area contributed by atoms with Gasteiger partial charge in [-0.05, 0) is 19.1 Å². The van der Waals surface area contributed by atoms with Crippen LogP contribution in [0.1, 0.15) is 12.6 Å². The summed E-state index contributed by atoms with van der Waals surface area (Å²) in [5.41, 5.74) is 1.10. The third kappa shape index (κ3) is 2.63. The van der Waals surface area contributed by atoms with Crippen LogP contribution in [0, 0.1) is 0 Å². The topological polar surface area (TPSA) is 69.8 Å². The van der Waals surface area contributed by atoms with Gasteiger partial charge in [0.25, 0.3) is 0 Å². The molecule has 5 nitrogen and oxygen atoms in total. The van der Waals surface area contributed by atoms with E-state index < -0.39 is 5.54 Å². The van der Waals surface area contributed by atoms with Gasteiger partial charge in [-0.3, -0.25) is 0 Å². The largest absolute Gasteiger partial charge is 0.394 e. The molecule has 3 N–H and O–H groups in total. The van der Waals surface area contributed by atoms with Crippen molar-refractivity contribution in [2.24, 2.45) is 0 Å². The van der Waals surface area contributed by atoms with Gasteiger partial charge in [-0.25, -0.2) is 4.98 Å². The van der Waals surface area contributed by atoms with Gasteiger partial charge < -0.3 is 19.9 Å². The number of hydrogen-bond acceptors (Lipinski definition) is 4. The molecule has 0 aliphatic rings. The maximum absolute atomic E-state index is 9.15. The zero-order valence-corrected chi connectivity index (χ0v) is 9.80. The Balaban J connectivity index is 2.09. The van der Waals surface area contributed by atoms with E-state index in [1.165, 1.54) is 0 Å². The molecular formula is C12H17N3O2. The molecule has 0 aliphatic carbocycles. The molecule has 0 saturated carbocycles. The van der Waals surface area contributed by atoms with Crippen LogP contribution in [0.3, 0.4) is 0 Å². The van der Waals surface area contributed by atoms with E-state index in [2.05, 4.69) is 10.3 Å². The quantitative estimate of drug-likeness (QED) is 0.691. The maximum atomic E-state index is 9.15. The summed E-state index contributed by atoms with van der Waals surface area (Å²) in [6.07, 6.45) is 3.86. The maximum Gasteiger partial charge on any atom is 0.137 e. The summed E-state index contributed by atoms with van der Waals surface area (Å²) in [5.74, 6) is 0. The molecule has 2 heterocycles. The number of aliphatic hydroxyl groups excluding tert-OH is 2. The zero-order chi connectivity index (χ0) is 12.3. The summed E-state index contributed by atoms with van der Waals surface area (Å²) < 4.78 is 1.94. The predicted molar refractivity (Wildman–Crippen MR) is 64.6 cm³/mol. The average Bonchev–Trinajstić information content (AvgIpc) is 2.79. The molecule has 0 unspecified atom stereocenters. The fourth-order valence-corrected chi connectivity index (χ4v) is 1.54. The van der Waals surface area contributed by atoms with E-state index in [4.69, 9.17) is 10.2 Å². The van der Waals surface area contributed by atoms with E-state index in [1.807, 2.05) is 35.0 Å². The van der Waals surface area contributed by atoms with Gasteiger partial charge in [0.15, 0.2) is 0 Å². The molecule has 2 aromatic heterocycles. The summed E-state index contributed by atoms with van der Waals surface area (Å²) in [7, 11) is 0. The number of aromatic nitrogens is 2. The molecule has 5 heteroatoms. The van der Waals surface area contributed by atoms with Crippen molar-refractivity contribution in [3.8, 4) is 0 Å². The van der Waals surface area contributed by atoms with Crippen LogP contribution >= 0.6 is 0 Å². The predicted octanol–water partition coefficient (Wildman–Crippen LogP) is 0.167. The van der Waals surface area contributed by atoms with Crippen LogP contribution in [0.5, 0.6) is 0 Å². The van der Waals surface area contributed by atoms with Crippen molar-refractivity contribution in [2.75, 3.05) is 13.2 Å². The lowest BCUT2D eigenvalue weighted by atomic mass is 10.1. The minimum Gasteiger partial charge on any atom is -0.394 e. The monoisotopic (exact) mass is 235 g/mol. The van der Waals surface area contributed by atoms with E-state index in [0.29, 0.717) is 6.54 Å². The molecule has 0 spiro atoms. The van der Waals surface area contributed by atoms with Crippen LogP contribution in [0.4, 0.5) is 0 Å². The average molecular weight is 235 g/mol. The number of nitrogens with one attached hydrogen (secondary N) is 1. The Labute approximate surface area is 99.7 Å². The molecule has 2 aromatic rings. The smallest absolute Gasteiger partial charge is 0.137 e. The fraction of sp³-hybridized carbons (Fsp3) is 0.417. The SMILES string of the molecule is CC(CO)(CO)NCc1cn2ccccc2n1. The lowest BCUT2D eigenvalue weighted by molar-refractivity contribution is 0.103. The Morgan fingerprint density at radius 3 is 2.76 bits per heavy atom. The van der Waals surface area contributed by atoms with Gasteiger partial charge in [0, 0.05) is 18.9 Å². The molecule has 0 atom stereocenters. The van der Waals surface area contributed by atoms with Crippen LogP contribution < -0.4 is 5.32 Å². The molecule has 0 radical (unpaired) electrons. The molecule has 0 fully saturated rings. The second-order valence-electron chi connectivity index (χ2n) is 4.43. The van der Waals surface area contributed by atoms with Crippen molar-refractivity contribution in [3.63, 3.8) is 0 Å². The minimum absolute atomic E-state index is 0.114. The lowest BCUT2D eigenvalue weighted by Crippen LogP contribution is -2.48. The van der Waals surface area contributed by atoms with Gasteiger partial charge in [0.05, 0.1) is 24.4 Å². The van der Waals surface area contributed by atoms with Crippen molar-refractivity contribution >= 4 is 5.65 Å². The van der Waals surface area contributed by atoms with Gasteiger partial charge in [0.2, 0.25) is 0 Å². The lowest BCUT2D eigenvalue weighted by Gasteiger charge is -2.25. The first kappa shape index (κ1) is 12.0. The van der Waals surface area contributed by atoms with Crippen molar-refractivity contribution in [1.82, 2.24) is 14.7 Å². The van der Waals surface area contributed by atoms with Gasteiger partial charge in [0.1, 0.15) is 5.65 Å². The summed E-state index contributed by atoms with van der Waals surface area (Å²) in [6, 6.07) is 5.81. The van der Waals surface area contributed by atoms with Crippen LogP contribution in [0.25, 0.3) is 5.65 Å². The summed E-state index contributed by atoms with van der Waals surface area (Å²) >= 11 is 0. The zero-order valence-electron chi connectivity index (χ0n) is 9.80. The fourth-order valence-electron chi connectivity index (χ4n) is 1.54. The molecule has 17 heavy (non-hydrogen) atoms.